The highest BCUT2D eigenvalue weighted by molar-refractivity contribution is 5.47. The first-order valence-electron chi connectivity index (χ1n) is 7.40. The molecule has 2 atom stereocenters. The first-order chi connectivity index (χ1) is 10.1. The van der Waals surface area contributed by atoms with Crippen molar-refractivity contribution in [2.24, 2.45) is 5.73 Å². The van der Waals surface area contributed by atoms with Gasteiger partial charge < -0.3 is 19.9 Å². The molecule has 0 spiro atoms. The summed E-state index contributed by atoms with van der Waals surface area (Å²) in [5.41, 5.74) is 7.35. The van der Waals surface area contributed by atoms with Crippen molar-refractivity contribution in [3.8, 4) is 11.5 Å². The van der Waals surface area contributed by atoms with Gasteiger partial charge in [0.25, 0.3) is 0 Å². The maximum absolute atomic E-state index is 6.47. The molecule has 0 bridgehead atoms. The van der Waals surface area contributed by atoms with Crippen LogP contribution in [-0.4, -0.2) is 51.0 Å². The Morgan fingerprint density at radius 3 is 2.38 bits per heavy atom. The van der Waals surface area contributed by atoms with Crippen molar-refractivity contribution in [3.05, 3.63) is 23.8 Å². The van der Waals surface area contributed by atoms with E-state index >= 15 is 0 Å². The number of hydrogen-bond acceptors (Lipinski definition) is 5. The van der Waals surface area contributed by atoms with Crippen molar-refractivity contribution >= 4 is 0 Å². The zero-order valence-corrected chi connectivity index (χ0v) is 13.3. The van der Waals surface area contributed by atoms with Crippen molar-refractivity contribution in [2.75, 3.05) is 33.9 Å². The molecule has 1 fully saturated rings. The van der Waals surface area contributed by atoms with Crippen LogP contribution < -0.4 is 15.2 Å². The summed E-state index contributed by atoms with van der Waals surface area (Å²) >= 11 is 0. The van der Waals surface area contributed by atoms with E-state index in [-0.39, 0.29) is 12.1 Å². The second-order valence-electron chi connectivity index (χ2n) is 5.60. The molecule has 1 saturated heterocycles. The Morgan fingerprint density at radius 1 is 1.24 bits per heavy atom. The van der Waals surface area contributed by atoms with E-state index in [1.54, 1.807) is 14.2 Å². The Kier molecular flexibility index (Phi) is 5.45. The number of benzene rings is 1. The van der Waals surface area contributed by atoms with Gasteiger partial charge in [-0.05, 0) is 26.0 Å². The van der Waals surface area contributed by atoms with Crippen LogP contribution in [0, 0.1) is 0 Å². The molecule has 0 aliphatic carbocycles. The van der Waals surface area contributed by atoms with Crippen LogP contribution in [0.2, 0.25) is 0 Å². The molecule has 2 rings (SSSR count). The Balaban J connectivity index is 2.25. The molecule has 0 aromatic heterocycles. The fourth-order valence-electron chi connectivity index (χ4n) is 2.78. The molecule has 0 saturated carbocycles. The summed E-state index contributed by atoms with van der Waals surface area (Å²) in [7, 11) is 3.29. The van der Waals surface area contributed by atoms with Crippen LogP contribution in [0.15, 0.2) is 18.2 Å². The Hall–Kier alpha value is -1.30. The van der Waals surface area contributed by atoms with Crippen molar-refractivity contribution in [1.82, 2.24) is 4.90 Å². The number of morpholine rings is 1. The van der Waals surface area contributed by atoms with Gasteiger partial charge >= 0.3 is 0 Å². The lowest BCUT2D eigenvalue weighted by Gasteiger charge is -2.38. The topological polar surface area (TPSA) is 57.0 Å². The smallest absolute Gasteiger partial charge is 0.127 e. The van der Waals surface area contributed by atoms with Crippen molar-refractivity contribution < 1.29 is 14.2 Å². The average Bonchev–Trinajstić information content (AvgIpc) is 2.53. The summed E-state index contributed by atoms with van der Waals surface area (Å²) in [6.07, 6.45) is -0.0636. The van der Waals surface area contributed by atoms with Crippen molar-refractivity contribution in [2.45, 2.75) is 32.0 Å². The minimum Gasteiger partial charge on any atom is -0.496 e. The number of ether oxygens (including phenoxy) is 3. The van der Waals surface area contributed by atoms with Gasteiger partial charge in [-0.2, -0.15) is 0 Å². The second-order valence-corrected chi connectivity index (χ2v) is 5.60. The number of rotatable bonds is 5. The summed E-state index contributed by atoms with van der Waals surface area (Å²) in [5, 5.41) is 0. The van der Waals surface area contributed by atoms with E-state index in [9.17, 15) is 0 Å². The number of methoxy groups -OCH3 is 2. The highest BCUT2D eigenvalue weighted by Gasteiger charge is 2.31. The summed E-state index contributed by atoms with van der Waals surface area (Å²) in [6.45, 7) is 6.85. The summed E-state index contributed by atoms with van der Waals surface area (Å²) in [4.78, 5) is 2.38. The third kappa shape index (κ3) is 3.48. The minimum absolute atomic E-state index is 0.0636. The lowest BCUT2D eigenvalue weighted by Crippen LogP contribution is -2.49. The zero-order chi connectivity index (χ0) is 15.4. The Morgan fingerprint density at radius 2 is 1.86 bits per heavy atom. The van der Waals surface area contributed by atoms with Crippen LogP contribution in [0.1, 0.15) is 25.5 Å². The van der Waals surface area contributed by atoms with Crippen molar-refractivity contribution in [1.29, 1.82) is 0 Å². The van der Waals surface area contributed by atoms with Crippen LogP contribution >= 0.6 is 0 Å². The van der Waals surface area contributed by atoms with Gasteiger partial charge in [-0.3, -0.25) is 4.90 Å². The van der Waals surface area contributed by atoms with Crippen LogP contribution in [0.5, 0.6) is 11.5 Å². The summed E-state index contributed by atoms with van der Waals surface area (Å²) < 4.78 is 16.8. The molecule has 118 valence electrons. The lowest BCUT2D eigenvalue weighted by atomic mass is 9.98. The van der Waals surface area contributed by atoms with Crippen LogP contribution in [0.3, 0.4) is 0 Å². The largest absolute Gasteiger partial charge is 0.496 e. The molecular weight excluding hydrogens is 268 g/mol. The Bertz CT molecular complexity index is 443. The van der Waals surface area contributed by atoms with Gasteiger partial charge in [0.1, 0.15) is 11.5 Å². The first kappa shape index (κ1) is 16.1. The van der Waals surface area contributed by atoms with Gasteiger partial charge in [0.15, 0.2) is 0 Å². The fourth-order valence-corrected chi connectivity index (χ4v) is 2.78. The SMILES string of the molecule is COc1cccc(OC)c1C(N)C1CN(C(C)C)CCO1. The van der Waals surface area contributed by atoms with Gasteiger partial charge in [-0.1, -0.05) is 6.07 Å². The molecule has 1 heterocycles. The van der Waals surface area contributed by atoms with E-state index in [0.717, 1.165) is 30.2 Å². The molecule has 1 aromatic carbocycles. The molecule has 5 nitrogen and oxygen atoms in total. The summed E-state index contributed by atoms with van der Waals surface area (Å²) in [6, 6.07) is 5.91. The average molecular weight is 294 g/mol. The second kappa shape index (κ2) is 7.11. The highest BCUT2D eigenvalue weighted by atomic mass is 16.5. The predicted octanol–water partition coefficient (Wildman–Crippen LogP) is 1.81. The van der Waals surface area contributed by atoms with Gasteiger partial charge in [-0.15, -0.1) is 0 Å². The maximum atomic E-state index is 6.47. The van der Waals surface area contributed by atoms with Gasteiger partial charge in [-0.25, -0.2) is 0 Å². The summed E-state index contributed by atoms with van der Waals surface area (Å²) in [5.74, 6) is 1.49. The highest BCUT2D eigenvalue weighted by Crippen LogP contribution is 2.35. The van der Waals surface area contributed by atoms with Crippen molar-refractivity contribution in [3.63, 3.8) is 0 Å². The third-order valence-electron chi connectivity index (χ3n) is 4.05. The van der Waals surface area contributed by atoms with Crippen LogP contribution in [0.4, 0.5) is 0 Å². The number of nitrogens with two attached hydrogens (primary N) is 1. The number of hydrogen-bond donors (Lipinski definition) is 1. The Labute approximate surface area is 127 Å². The predicted molar refractivity (Wildman–Crippen MR) is 82.9 cm³/mol. The van der Waals surface area contributed by atoms with E-state index in [0.29, 0.717) is 12.6 Å². The standard InChI is InChI=1S/C16H26N2O3/c1-11(2)18-8-9-21-14(10-18)16(17)15-12(19-3)6-5-7-13(15)20-4/h5-7,11,14,16H,8-10,17H2,1-4H3. The van der Waals surface area contributed by atoms with E-state index in [4.69, 9.17) is 19.9 Å². The van der Waals surface area contributed by atoms with E-state index in [2.05, 4.69) is 18.7 Å². The van der Waals surface area contributed by atoms with Gasteiger partial charge in [0.05, 0.1) is 38.5 Å². The van der Waals surface area contributed by atoms with E-state index in [1.807, 2.05) is 18.2 Å². The maximum Gasteiger partial charge on any atom is 0.127 e. The molecule has 1 aliphatic rings. The molecule has 1 aliphatic heterocycles. The molecule has 21 heavy (non-hydrogen) atoms. The molecule has 0 radical (unpaired) electrons. The zero-order valence-electron chi connectivity index (χ0n) is 13.3. The van der Waals surface area contributed by atoms with Crippen LogP contribution in [-0.2, 0) is 4.74 Å². The van der Waals surface area contributed by atoms with Gasteiger partial charge in [0.2, 0.25) is 0 Å². The van der Waals surface area contributed by atoms with Crippen LogP contribution in [0.25, 0.3) is 0 Å². The lowest BCUT2D eigenvalue weighted by molar-refractivity contribution is -0.0507. The minimum atomic E-state index is -0.280. The molecule has 1 aromatic rings. The quantitative estimate of drug-likeness (QED) is 0.897. The number of nitrogens with zero attached hydrogens (tertiary/aromatic N) is 1. The van der Waals surface area contributed by atoms with E-state index < -0.39 is 0 Å². The molecule has 0 amide bonds. The monoisotopic (exact) mass is 294 g/mol. The first-order valence-corrected chi connectivity index (χ1v) is 7.40. The molecule has 2 N–H and O–H groups in total. The molecular formula is C16H26N2O3. The third-order valence-corrected chi connectivity index (χ3v) is 4.05. The normalized spacial score (nSPS) is 21.3. The fraction of sp³-hybridized carbons (Fsp3) is 0.625. The van der Waals surface area contributed by atoms with E-state index in [1.165, 1.54) is 0 Å². The van der Waals surface area contributed by atoms with Gasteiger partial charge in [0, 0.05) is 19.1 Å². The molecule has 5 heteroatoms. The molecule has 2 unspecified atom stereocenters.